The fraction of sp³-hybridized carbons (Fsp3) is 0.533. The summed E-state index contributed by atoms with van der Waals surface area (Å²) in [7, 11) is 3.55. The van der Waals surface area contributed by atoms with Crippen LogP contribution in [-0.2, 0) is 9.53 Å². The zero-order valence-electron chi connectivity index (χ0n) is 12.5. The number of hydrogen-bond acceptors (Lipinski definition) is 3. The van der Waals surface area contributed by atoms with Gasteiger partial charge in [0.15, 0.2) is 0 Å². The molecule has 0 saturated carbocycles. The quantitative estimate of drug-likeness (QED) is 0.841. The third-order valence-corrected chi connectivity index (χ3v) is 3.50. The van der Waals surface area contributed by atoms with Gasteiger partial charge in [0.2, 0.25) is 5.91 Å². The molecule has 0 saturated heterocycles. The van der Waals surface area contributed by atoms with E-state index in [1.807, 2.05) is 36.2 Å². The summed E-state index contributed by atoms with van der Waals surface area (Å²) in [4.78, 5) is 13.8. The van der Waals surface area contributed by atoms with Crippen molar-refractivity contribution in [2.75, 3.05) is 27.2 Å². The van der Waals surface area contributed by atoms with Crippen LogP contribution in [0, 0.1) is 0 Å². The summed E-state index contributed by atoms with van der Waals surface area (Å²) in [6, 6.07) is 7.81. The van der Waals surface area contributed by atoms with E-state index in [1.165, 1.54) is 0 Å². The van der Waals surface area contributed by atoms with Gasteiger partial charge in [-0.15, -0.1) is 0 Å². The van der Waals surface area contributed by atoms with Crippen LogP contribution in [-0.4, -0.2) is 44.1 Å². The van der Waals surface area contributed by atoms with Crippen molar-refractivity contribution in [3.8, 4) is 0 Å². The summed E-state index contributed by atoms with van der Waals surface area (Å²) in [5.41, 5.74) is 0.956. The Morgan fingerprint density at radius 3 is 2.70 bits per heavy atom. The van der Waals surface area contributed by atoms with Crippen molar-refractivity contribution in [3.05, 3.63) is 34.9 Å². The van der Waals surface area contributed by atoms with Crippen molar-refractivity contribution in [3.63, 3.8) is 0 Å². The van der Waals surface area contributed by atoms with E-state index < -0.39 is 0 Å². The van der Waals surface area contributed by atoms with E-state index in [9.17, 15) is 4.79 Å². The number of benzene rings is 1. The van der Waals surface area contributed by atoms with Crippen LogP contribution in [0.4, 0.5) is 0 Å². The number of carbonyl (C=O) groups excluding carboxylic acids is 1. The van der Waals surface area contributed by atoms with Crippen LogP contribution in [0.1, 0.15) is 25.5 Å². The molecule has 0 aliphatic rings. The number of amides is 1. The Morgan fingerprint density at radius 2 is 2.15 bits per heavy atom. The van der Waals surface area contributed by atoms with Gasteiger partial charge in [0, 0.05) is 24.7 Å². The van der Waals surface area contributed by atoms with Gasteiger partial charge in [-0.05, 0) is 38.6 Å². The van der Waals surface area contributed by atoms with Crippen molar-refractivity contribution < 1.29 is 9.53 Å². The van der Waals surface area contributed by atoms with Gasteiger partial charge < -0.3 is 10.1 Å². The van der Waals surface area contributed by atoms with Crippen LogP contribution in [0.5, 0.6) is 0 Å². The number of halogens is 1. The third-order valence-electron chi connectivity index (χ3n) is 3.26. The van der Waals surface area contributed by atoms with E-state index >= 15 is 0 Å². The largest absolute Gasteiger partial charge is 0.375 e. The Bertz CT molecular complexity index is 438. The van der Waals surface area contributed by atoms with E-state index in [4.69, 9.17) is 16.3 Å². The average molecular weight is 299 g/mol. The number of nitrogens with zero attached hydrogens (tertiary/aromatic N) is 1. The fourth-order valence-corrected chi connectivity index (χ4v) is 1.91. The summed E-state index contributed by atoms with van der Waals surface area (Å²) < 4.78 is 5.41. The van der Waals surface area contributed by atoms with Crippen molar-refractivity contribution in [2.24, 2.45) is 0 Å². The Hall–Kier alpha value is -1.10. The SMILES string of the molecule is COC(CNC(=O)CN(C)C(C)C)c1cccc(Cl)c1. The number of rotatable bonds is 7. The summed E-state index contributed by atoms with van der Waals surface area (Å²) in [5.74, 6) is -0.00900. The van der Waals surface area contributed by atoms with Crippen molar-refractivity contribution in [1.82, 2.24) is 10.2 Å². The Balaban J connectivity index is 2.51. The van der Waals surface area contributed by atoms with E-state index in [-0.39, 0.29) is 12.0 Å². The lowest BCUT2D eigenvalue weighted by atomic mass is 10.1. The Kier molecular flexibility index (Phi) is 6.99. The van der Waals surface area contributed by atoms with Gasteiger partial charge in [0.25, 0.3) is 0 Å². The molecule has 1 unspecified atom stereocenters. The molecule has 1 rings (SSSR count). The fourth-order valence-electron chi connectivity index (χ4n) is 1.72. The lowest BCUT2D eigenvalue weighted by molar-refractivity contribution is -0.122. The summed E-state index contributed by atoms with van der Waals surface area (Å²) in [6.07, 6.45) is -0.193. The molecule has 1 aromatic rings. The molecule has 4 nitrogen and oxygen atoms in total. The molecular formula is C15H23ClN2O2. The van der Waals surface area contributed by atoms with Crippen LogP contribution in [0.2, 0.25) is 5.02 Å². The van der Waals surface area contributed by atoms with Gasteiger partial charge in [-0.3, -0.25) is 9.69 Å². The lowest BCUT2D eigenvalue weighted by Gasteiger charge is -2.21. The zero-order chi connectivity index (χ0) is 15.1. The number of methoxy groups -OCH3 is 1. The molecule has 0 heterocycles. The number of hydrogen-bond donors (Lipinski definition) is 1. The topological polar surface area (TPSA) is 41.6 Å². The highest BCUT2D eigenvalue weighted by Gasteiger charge is 2.14. The van der Waals surface area contributed by atoms with Gasteiger partial charge >= 0.3 is 0 Å². The van der Waals surface area contributed by atoms with Crippen LogP contribution in [0.3, 0.4) is 0 Å². The first-order valence-electron chi connectivity index (χ1n) is 6.69. The van der Waals surface area contributed by atoms with E-state index in [0.29, 0.717) is 24.2 Å². The second-order valence-electron chi connectivity index (χ2n) is 5.09. The first-order chi connectivity index (χ1) is 9.43. The standard InChI is InChI=1S/C15H23ClN2O2/c1-11(2)18(3)10-15(19)17-9-14(20-4)12-6-5-7-13(16)8-12/h5-8,11,14H,9-10H2,1-4H3,(H,17,19). The molecule has 0 spiro atoms. The minimum Gasteiger partial charge on any atom is -0.375 e. The minimum absolute atomic E-state index is 0.00900. The first-order valence-corrected chi connectivity index (χ1v) is 7.07. The summed E-state index contributed by atoms with van der Waals surface area (Å²) in [5, 5.41) is 3.55. The predicted molar refractivity (Wildman–Crippen MR) is 82.0 cm³/mol. The number of nitrogens with one attached hydrogen (secondary N) is 1. The molecule has 0 fully saturated rings. The molecule has 112 valence electrons. The lowest BCUT2D eigenvalue weighted by Crippen LogP contribution is -2.39. The van der Waals surface area contributed by atoms with Gasteiger partial charge in [0.1, 0.15) is 0 Å². The molecule has 0 radical (unpaired) electrons. The normalized spacial score (nSPS) is 12.8. The van der Waals surface area contributed by atoms with E-state index in [2.05, 4.69) is 19.2 Å². The Labute approximate surface area is 126 Å². The van der Waals surface area contributed by atoms with Crippen molar-refractivity contribution in [2.45, 2.75) is 26.0 Å². The molecule has 1 atom stereocenters. The molecule has 1 N–H and O–H groups in total. The molecular weight excluding hydrogens is 276 g/mol. The first kappa shape index (κ1) is 17.0. The molecule has 0 aliphatic carbocycles. The second kappa shape index (κ2) is 8.25. The van der Waals surface area contributed by atoms with Crippen LogP contribution in [0.25, 0.3) is 0 Å². The third kappa shape index (κ3) is 5.49. The summed E-state index contributed by atoms with van der Waals surface area (Å²) >= 11 is 5.96. The Morgan fingerprint density at radius 1 is 1.45 bits per heavy atom. The van der Waals surface area contributed by atoms with Gasteiger partial charge in [-0.2, -0.15) is 0 Å². The maximum Gasteiger partial charge on any atom is 0.234 e. The molecule has 0 aromatic heterocycles. The molecule has 0 bridgehead atoms. The average Bonchev–Trinajstić information content (AvgIpc) is 2.39. The summed E-state index contributed by atoms with van der Waals surface area (Å²) in [6.45, 7) is 4.92. The predicted octanol–water partition coefficient (Wildman–Crippen LogP) is 2.48. The molecule has 1 amide bonds. The van der Waals surface area contributed by atoms with Crippen LogP contribution < -0.4 is 5.32 Å². The highest BCUT2D eigenvalue weighted by molar-refractivity contribution is 6.30. The minimum atomic E-state index is -0.193. The second-order valence-corrected chi connectivity index (χ2v) is 5.53. The monoisotopic (exact) mass is 298 g/mol. The van der Waals surface area contributed by atoms with Crippen LogP contribution in [0.15, 0.2) is 24.3 Å². The van der Waals surface area contributed by atoms with Crippen molar-refractivity contribution in [1.29, 1.82) is 0 Å². The molecule has 5 heteroatoms. The van der Waals surface area contributed by atoms with Crippen molar-refractivity contribution >= 4 is 17.5 Å². The molecule has 20 heavy (non-hydrogen) atoms. The highest BCUT2D eigenvalue weighted by Crippen LogP contribution is 2.19. The smallest absolute Gasteiger partial charge is 0.234 e. The molecule has 1 aromatic carbocycles. The van der Waals surface area contributed by atoms with Gasteiger partial charge in [-0.1, -0.05) is 23.7 Å². The maximum absolute atomic E-state index is 11.8. The van der Waals surface area contributed by atoms with Gasteiger partial charge in [0.05, 0.1) is 12.6 Å². The zero-order valence-corrected chi connectivity index (χ0v) is 13.3. The maximum atomic E-state index is 11.8. The highest BCUT2D eigenvalue weighted by atomic mass is 35.5. The van der Waals surface area contributed by atoms with E-state index in [0.717, 1.165) is 5.56 Å². The van der Waals surface area contributed by atoms with Gasteiger partial charge in [-0.25, -0.2) is 0 Å². The number of likely N-dealkylation sites (N-methyl/N-ethyl adjacent to an activating group) is 1. The molecule has 0 aliphatic heterocycles. The van der Waals surface area contributed by atoms with E-state index in [1.54, 1.807) is 7.11 Å². The number of ether oxygens (including phenoxy) is 1. The number of carbonyl (C=O) groups is 1. The van der Waals surface area contributed by atoms with Crippen LogP contribution >= 0.6 is 11.6 Å².